The molecule has 0 aromatic heterocycles. The van der Waals surface area contributed by atoms with Crippen molar-refractivity contribution in [3.8, 4) is 5.75 Å². The van der Waals surface area contributed by atoms with Crippen LogP contribution in [-0.2, 0) is 0 Å². The minimum atomic E-state index is -4.70. The molecule has 5 aromatic rings. The summed E-state index contributed by atoms with van der Waals surface area (Å²) in [6.07, 6.45) is 0. The van der Waals surface area contributed by atoms with Crippen molar-refractivity contribution in [2.75, 3.05) is 0 Å². The van der Waals surface area contributed by atoms with Gasteiger partial charge in [0.15, 0.2) is 0 Å². The first-order valence-corrected chi connectivity index (χ1v) is 14.8. The Morgan fingerprint density at radius 1 is 0.457 bits per heavy atom. The monoisotopic (exact) mass is 496 g/mol. The summed E-state index contributed by atoms with van der Waals surface area (Å²) in [6, 6.07) is 45.7. The molecule has 0 amide bonds. The van der Waals surface area contributed by atoms with E-state index in [0.29, 0.717) is 21.7 Å². The van der Waals surface area contributed by atoms with Gasteiger partial charge in [-0.2, -0.15) is 0 Å². The summed E-state index contributed by atoms with van der Waals surface area (Å²) in [5.74, 6) is 0.588. The molecule has 0 unspecified atom stereocenters. The van der Waals surface area contributed by atoms with Gasteiger partial charge in [-0.3, -0.25) is 0 Å². The van der Waals surface area contributed by atoms with Gasteiger partial charge in [-0.15, -0.1) is 0 Å². The van der Waals surface area contributed by atoms with E-state index in [1.54, 1.807) is 36.4 Å². The molecule has 5 heteroatoms. The van der Waals surface area contributed by atoms with E-state index in [4.69, 9.17) is 4.52 Å². The van der Waals surface area contributed by atoms with Crippen molar-refractivity contribution in [3.05, 3.63) is 146 Å². The van der Waals surface area contributed by atoms with Gasteiger partial charge in [-0.1, -0.05) is 0 Å². The Balaban J connectivity index is 1.63. The fraction of sp³-hybridized carbons (Fsp3) is 0. The van der Waals surface area contributed by atoms with E-state index in [-0.39, 0.29) is 0 Å². The molecule has 0 fully saturated rings. The van der Waals surface area contributed by atoms with Crippen LogP contribution in [0.5, 0.6) is 5.75 Å². The summed E-state index contributed by atoms with van der Waals surface area (Å²) in [6.45, 7) is 0. The van der Waals surface area contributed by atoms with Crippen LogP contribution in [0, 0.1) is 0 Å². The normalized spacial score (nSPS) is 12.6. The van der Waals surface area contributed by atoms with Gasteiger partial charge in [0.2, 0.25) is 0 Å². The van der Waals surface area contributed by atoms with Gasteiger partial charge < -0.3 is 0 Å². The molecule has 5 rings (SSSR count). The summed E-state index contributed by atoms with van der Waals surface area (Å²) in [7, 11) is -5.85. The molecular weight excluding hydrogens is 470 g/mol. The van der Waals surface area contributed by atoms with Crippen molar-refractivity contribution in [2.45, 2.75) is 0 Å². The van der Waals surface area contributed by atoms with Crippen molar-refractivity contribution >= 4 is 41.7 Å². The second-order valence-corrected chi connectivity index (χ2v) is 13.7. The Kier molecular flexibility index (Phi) is 6.52. The summed E-state index contributed by atoms with van der Waals surface area (Å²) < 4.78 is 6.60. The fourth-order valence-corrected chi connectivity index (χ4v) is 8.99. The van der Waals surface area contributed by atoms with Crippen LogP contribution in [0.2, 0.25) is 0 Å². The summed E-state index contributed by atoms with van der Waals surface area (Å²) in [5, 5.41) is 3.55. The molecule has 0 bridgehead atoms. The molecule has 0 radical (unpaired) electrons. The minimum absolute atomic E-state index is 0.432. The van der Waals surface area contributed by atoms with E-state index in [2.05, 4.69) is 24.3 Å². The maximum atomic E-state index is 12.3. The summed E-state index contributed by atoms with van der Waals surface area (Å²) in [5.41, 5.74) is 0. The van der Waals surface area contributed by atoms with Crippen LogP contribution in [0.15, 0.2) is 146 Å². The summed E-state index contributed by atoms with van der Waals surface area (Å²) >= 11 is 0. The molecule has 0 saturated carbocycles. The van der Waals surface area contributed by atoms with Crippen LogP contribution in [0.1, 0.15) is 0 Å². The summed E-state index contributed by atoms with van der Waals surface area (Å²) in [4.78, 5) is 24.6. The Labute approximate surface area is 207 Å². The SMILES string of the molecule is OP(O)(c1ccccc1)(c1ccccc1)c1cccc(OP(c2ccccc2)c2ccccc2)c1. The van der Waals surface area contributed by atoms with Crippen LogP contribution in [0.3, 0.4) is 0 Å². The molecule has 0 saturated heterocycles. The third-order valence-corrected chi connectivity index (χ3v) is 11.7. The van der Waals surface area contributed by atoms with Crippen LogP contribution in [-0.4, -0.2) is 9.79 Å². The van der Waals surface area contributed by atoms with E-state index in [1.807, 2.05) is 84.9 Å². The molecule has 0 heterocycles. The topological polar surface area (TPSA) is 49.7 Å². The van der Waals surface area contributed by atoms with E-state index >= 15 is 0 Å². The molecule has 2 N–H and O–H groups in total. The van der Waals surface area contributed by atoms with Crippen molar-refractivity contribution in [1.82, 2.24) is 0 Å². The van der Waals surface area contributed by atoms with E-state index in [0.717, 1.165) is 10.6 Å². The molecule has 0 spiro atoms. The number of hydrogen-bond acceptors (Lipinski definition) is 3. The first kappa shape index (κ1) is 23.4. The van der Waals surface area contributed by atoms with Crippen LogP contribution >= 0.6 is 15.2 Å². The Morgan fingerprint density at radius 3 is 1.31 bits per heavy atom. The van der Waals surface area contributed by atoms with Crippen molar-refractivity contribution in [3.63, 3.8) is 0 Å². The van der Waals surface area contributed by atoms with Gasteiger partial charge in [0.1, 0.15) is 0 Å². The van der Waals surface area contributed by atoms with Gasteiger partial charge in [-0.05, 0) is 0 Å². The van der Waals surface area contributed by atoms with Crippen molar-refractivity contribution in [2.24, 2.45) is 0 Å². The van der Waals surface area contributed by atoms with E-state index < -0.39 is 15.2 Å². The molecule has 0 aliphatic rings. The zero-order valence-electron chi connectivity index (χ0n) is 19.1. The van der Waals surface area contributed by atoms with Gasteiger partial charge in [0.05, 0.1) is 0 Å². The Morgan fingerprint density at radius 2 is 0.857 bits per heavy atom. The molecular formula is C30H26O3P2. The van der Waals surface area contributed by atoms with Gasteiger partial charge in [-0.25, -0.2) is 0 Å². The molecule has 0 atom stereocenters. The molecule has 35 heavy (non-hydrogen) atoms. The maximum absolute atomic E-state index is 12.3. The predicted molar refractivity (Wildman–Crippen MR) is 149 cm³/mol. The van der Waals surface area contributed by atoms with Crippen molar-refractivity contribution < 1.29 is 14.3 Å². The quantitative estimate of drug-likeness (QED) is 0.320. The second kappa shape index (κ2) is 9.74. The molecule has 0 aliphatic heterocycles. The zero-order valence-corrected chi connectivity index (χ0v) is 20.8. The molecule has 3 nitrogen and oxygen atoms in total. The van der Waals surface area contributed by atoms with E-state index in [9.17, 15) is 9.79 Å². The first-order chi connectivity index (χ1) is 17.1. The van der Waals surface area contributed by atoms with E-state index in [1.165, 1.54) is 0 Å². The standard InChI is InChI=1S/C30H26O3P2/c31-35(32,28-19-9-3-10-20-28,29-21-11-4-12-22-29)30-23-13-14-25(24-30)33-34(26-15-5-1-6-16-26)27-17-7-2-8-18-27/h1-24,31-32H. The predicted octanol–water partition coefficient (Wildman–Crippen LogP) is 4.76. The number of rotatable bonds is 7. The Bertz CT molecular complexity index is 1310. The van der Waals surface area contributed by atoms with Crippen molar-refractivity contribution in [1.29, 1.82) is 0 Å². The molecule has 5 aromatic carbocycles. The third-order valence-electron chi connectivity index (χ3n) is 5.98. The van der Waals surface area contributed by atoms with Gasteiger partial charge in [0, 0.05) is 0 Å². The zero-order chi connectivity index (χ0) is 24.2. The van der Waals surface area contributed by atoms with Crippen LogP contribution < -0.4 is 31.0 Å². The number of hydrogen-bond donors (Lipinski definition) is 2. The molecule has 174 valence electrons. The first-order valence-electron chi connectivity index (χ1n) is 11.4. The molecule has 0 aliphatic carbocycles. The third kappa shape index (κ3) is 4.52. The second-order valence-electron chi connectivity index (χ2n) is 8.25. The van der Waals surface area contributed by atoms with Crippen LogP contribution in [0.4, 0.5) is 0 Å². The fourth-order valence-electron chi connectivity index (χ4n) is 4.16. The van der Waals surface area contributed by atoms with Gasteiger partial charge >= 0.3 is 207 Å². The average molecular weight is 496 g/mol. The average Bonchev–Trinajstić information content (AvgIpc) is 2.94. The van der Waals surface area contributed by atoms with Gasteiger partial charge in [0.25, 0.3) is 0 Å². The Hall–Kier alpha value is -3.32. The number of benzene rings is 5. The van der Waals surface area contributed by atoms with Crippen LogP contribution in [0.25, 0.3) is 0 Å².